The second kappa shape index (κ2) is 4.17. The largest absolute Gasteiger partial charge is 0.337 e. The van der Waals surface area contributed by atoms with Crippen LogP contribution in [0.1, 0.15) is 55.5 Å². The average molecular weight is 231 g/mol. The van der Waals surface area contributed by atoms with Gasteiger partial charge in [-0.25, -0.2) is 0 Å². The first-order chi connectivity index (χ1) is 7.89. The van der Waals surface area contributed by atoms with Crippen molar-refractivity contribution in [1.29, 1.82) is 0 Å². The van der Waals surface area contributed by atoms with Crippen LogP contribution in [0.3, 0.4) is 0 Å². The first-order valence-corrected chi connectivity index (χ1v) is 6.28. The second-order valence-corrected chi connectivity index (χ2v) is 5.93. The van der Waals surface area contributed by atoms with Gasteiger partial charge in [-0.05, 0) is 57.2 Å². The molecule has 0 aromatic heterocycles. The molecular weight excluding hydrogens is 210 g/mol. The Labute approximate surface area is 104 Å². The van der Waals surface area contributed by atoms with Gasteiger partial charge in [0.25, 0.3) is 5.91 Å². The van der Waals surface area contributed by atoms with E-state index in [0.717, 1.165) is 5.56 Å². The summed E-state index contributed by atoms with van der Waals surface area (Å²) in [5.41, 5.74) is 2.00. The van der Waals surface area contributed by atoms with Crippen molar-refractivity contribution < 1.29 is 4.79 Å². The zero-order valence-corrected chi connectivity index (χ0v) is 11.2. The Bertz CT molecular complexity index is 427. The first kappa shape index (κ1) is 12.2. The van der Waals surface area contributed by atoms with Gasteiger partial charge in [0.2, 0.25) is 0 Å². The number of carbonyl (C=O) groups is 1. The summed E-state index contributed by atoms with van der Waals surface area (Å²) in [6.07, 6.45) is 2.54. The van der Waals surface area contributed by atoms with Crippen LogP contribution in [-0.2, 0) is 0 Å². The van der Waals surface area contributed by atoms with E-state index in [1.165, 1.54) is 18.4 Å². The lowest BCUT2D eigenvalue weighted by atomic mass is 10.0. The maximum absolute atomic E-state index is 12.3. The normalized spacial score (nSPS) is 15.8. The molecule has 0 spiro atoms. The number of nitrogens with zero attached hydrogens (tertiary/aromatic N) is 1. The summed E-state index contributed by atoms with van der Waals surface area (Å²) in [6.45, 7) is 6.15. The van der Waals surface area contributed by atoms with Crippen LogP contribution >= 0.6 is 0 Å². The van der Waals surface area contributed by atoms with Crippen LogP contribution < -0.4 is 0 Å². The van der Waals surface area contributed by atoms with Gasteiger partial charge in [0.15, 0.2) is 0 Å². The molecule has 0 heterocycles. The first-order valence-electron chi connectivity index (χ1n) is 6.28. The van der Waals surface area contributed by atoms with Gasteiger partial charge in [-0.2, -0.15) is 0 Å². The Morgan fingerprint density at radius 3 is 2.47 bits per heavy atom. The molecule has 2 heteroatoms. The number of hydrogen-bond donors (Lipinski definition) is 0. The molecule has 0 atom stereocenters. The van der Waals surface area contributed by atoms with Crippen molar-refractivity contribution in [2.45, 2.75) is 45.1 Å². The quantitative estimate of drug-likeness (QED) is 0.763. The predicted octanol–water partition coefficient (Wildman–Crippen LogP) is 3.43. The summed E-state index contributed by atoms with van der Waals surface area (Å²) in [5, 5.41) is 0. The summed E-state index contributed by atoms with van der Waals surface area (Å²) < 4.78 is 0. The zero-order chi connectivity index (χ0) is 12.6. The molecule has 0 radical (unpaired) electrons. The van der Waals surface area contributed by atoms with E-state index in [2.05, 4.69) is 32.9 Å². The fourth-order valence-corrected chi connectivity index (χ4v) is 1.84. The third-order valence-corrected chi connectivity index (χ3v) is 3.49. The van der Waals surface area contributed by atoms with Crippen LogP contribution in [0, 0.1) is 0 Å². The number of hydrogen-bond acceptors (Lipinski definition) is 1. The fourth-order valence-electron chi connectivity index (χ4n) is 1.84. The molecule has 1 aliphatic rings. The minimum atomic E-state index is -0.132. The maximum Gasteiger partial charge on any atom is 0.254 e. The highest BCUT2D eigenvalue weighted by Crippen LogP contribution is 2.40. The molecular formula is C15H21NO. The monoisotopic (exact) mass is 231 g/mol. The van der Waals surface area contributed by atoms with Gasteiger partial charge in [-0.15, -0.1) is 0 Å². The molecule has 1 aromatic rings. The van der Waals surface area contributed by atoms with Crippen LogP contribution in [0.15, 0.2) is 24.3 Å². The standard InChI is InChI=1S/C15H21NO/c1-15(2,3)16(4)14(17)13-7-5-6-12(10-13)11-8-9-11/h5-7,10-11H,8-9H2,1-4H3. The number of benzene rings is 1. The van der Waals surface area contributed by atoms with Crippen molar-refractivity contribution >= 4 is 5.91 Å². The summed E-state index contributed by atoms with van der Waals surface area (Å²) in [7, 11) is 1.87. The van der Waals surface area contributed by atoms with Gasteiger partial charge in [0, 0.05) is 18.2 Å². The zero-order valence-electron chi connectivity index (χ0n) is 11.2. The molecule has 17 heavy (non-hydrogen) atoms. The molecule has 92 valence electrons. The molecule has 1 aromatic carbocycles. The summed E-state index contributed by atoms with van der Waals surface area (Å²) >= 11 is 0. The molecule has 0 bridgehead atoms. The Hall–Kier alpha value is -1.31. The topological polar surface area (TPSA) is 20.3 Å². The minimum Gasteiger partial charge on any atom is -0.337 e. The van der Waals surface area contributed by atoms with Gasteiger partial charge in [-0.1, -0.05) is 12.1 Å². The van der Waals surface area contributed by atoms with E-state index < -0.39 is 0 Å². The molecule has 0 aliphatic heterocycles. The molecule has 0 N–H and O–H groups in total. The molecule has 1 saturated carbocycles. The lowest BCUT2D eigenvalue weighted by molar-refractivity contribution is 0.0655. The van der Waals surface area contributed by atoms with Crippen molar-refractivity contribution in [3.05, 3.63) is 35.4 Å². The molecule has 1 fully saturated rings. The number of carbonyl (C=O) groups excluding carboxylic acids is 1. The smallest absolute Gasteiger partial charge is 0.254 e. The maximum atomic E-state index is 12.3. The highest BCUT2D eigenvalue weighted by molar-refractivity contribution is 5.94. The van der Waals surface area contributed by atoms with E-state index in [1.807, 2.05) is 19.2 Å². The van der Waals surface area contributed by atoms with Crippen molar-refractivity contribution in [2.24, 2.45) is 0 Å². The summed E-state index contributed by atoms with van der Waals surface area (Å²) in [4.78, 5) is 14.1. The van der Waals surface area contributed by atoms with Crippen molar-refractivity contribution in [3.8, 4) is 0 Å². The average Bonchev–Trinajstić information content (AvgIpc) is 3.10. The SMILES string of the molecule is CN(C(=O)c1cccc(C2CC2)c1)C(C)(C)C. The van der Waals surface area contributed by atoms with Crippen LogP contribution in [0.5, 0.6) is 0 Å². The van der Waals surface area contributed by atoms with Crippen molar-refractivity contribution in [1.82, 2.24) is 4.90 Å². The molecule has 0 unspecified atom stereocenters. The Kier molecular flexibility index (Phi) is 2.98. The van der Waals surface area contributed by atoms with E-state index in [-0.39, 0.29) is 11.4 Å². The van der Waals surface area contributed by atoms with E-state index >= 15 is 0 Å². The van der Waals surface area contributed by atoms with Gasteiger partial charge in [-0.3, -0.25) is 4.79 Å². The lowest BCUT2D eigenvalue weighted by Gasteiger charge is -2.32. The van der Waals surface area contributed by atoms with Gasteiger partial charge < -0.3 is 4.90 Å². The number of amides is 1. The fraction of sp³-hybridized carbons (Fsp3) is 0.533. The van der Waals surface area contributed by atoms with Crippen molar-refractivity contribution in [2.75, 3.05) is 7.05 Å². The second-order valence-electron chi connectivity index (χ2n) is 5.93. The number of rotatable bonds is 2. The molecule has 1 aliphatic carbocycles. The minimum absolute atomic E-state index is 0.111. The van der Waals surface area contributed by atoms with Crippen LogP contribution in [0.2, 0.25) is 0 Å². The molecule has 2 nitrogen and oxygen atoms in total. The Balaban J connectivity index is 2.21. The third-order valence-electron chi connectivity index (χ3n) is 3.49. The van der Waals surface area contributed by atoms with E-state index in [1.54, 1.807) is 4.90 Å². The van der Waals surface area contributed by atoms with Gasteiger partial charge in [0.1, 0.15) is 0 Å². The van der Waals surface area contributed by atoms with E-state index in [0.29, 0.717) is 5.92 Å². The lowest BCUT2D eigenvalue weighted by Crippen LogP contribution is -2.42. The highest BCUT2D eigenvalue weighted by Gasteiger charge is 2.26. The Morgan fingerprint density at radius 1 is 1.29 bits per heavy atom. The van der Waals surface area contributed by atoms with Gasteiger partial charge >= 0.3 is 0 Å². The molecule has 1 amide bonds. The predicted molar refractivity (Wildman–Crippen MR) is 70.3 cm³/mol. The van der Waals surface area contributed by atoms with Crippen molar-refractivity contribution in [3.63, 3.8) is 0 Å². The summed E-state index contributed by atoms with van der Waals surface area (Å²) in [6, 6.07) is 8.10. The molecule has 0 saturated heterocycles. The Morgan fingerprint density at radius 2 is 1.94 bits per heavy atom. The van der Waals surface area contributed by atoms with Crippen LogP contribution in [0.4, 0.5) is 0 Å². The van der Waals surface area contributed by atoms with Crippen LogP contribution in [-0.4, -0.2) is 23.4 Å². The highest BCUT2D eigenvalue weighted by atomic mass is 16.2. The van der Waals surface area contributed by atoms with E-state index in [9.17, 15) is 4.79 Å². The third kappa shape index (κ3) is 2.68. The summed E-state index contributed by atoms with van der Waals surface area (Å²) in [5.74, 6) is 0.808. The van der Waals surface area contributed by atoms with E-state index in [4.69, 9.17) is 0 Å². The molecule has 2 rings (SSSR count). The van der Waals surface area contributed by atoms with Crippen LogP contribution in [0.25, 0.3) is 0 Å². The van der Waals surface area contributed by atoms with Gasteiger partial charge in [0.05, 0.1) is 0 Å².